The number of pyridine rings is 1. The summed E-state index contributed by atoms with van der Waals surface area (Å²) in [6, 6.07) is 1.46. The molecule has 5 nitrogen and oxygen atoms in total. The maximum Gasteiger partial charge on any atom is 0.268 e. The summed E-state index contributed by atoms with van der Waals surface area (Å²) in [6.45, 7) is 6.28. The van der Waals surface area contributed by atoms with Crippen molar-refractivity contribution >= 4 is 31.9 Å². The Labute approximate surface area is 127 Å². The van der Waals surface area contributed by atoms with Gasteiger partial charge in [0.05, 0.1) is 0 Å². The Kier molecular flexibility index (Phi) is 3.94. The second-order valence-electron chi connectivity index (χ2n) is 6.04. The molecule has 0 bridgehead atoms. The van der Waals surface area contributed by atoms with Gasteiger partial charge in [0.1, 0.15) is 4.90 Å². The zero-order chi connectivity index (χ0) is 15.1. The lowest BCUT2D eigenvalue weighted by molar-refractivity contribution is -0.123. The van der Waals surface area contributed by atoms with E-state index < -0.39 is 10.0 Å². The number of sulfonamides is 1. The van der Waals surface area contributed by atoms with Gasteiger partial charge in [-0.2, -0.15) is 0 Å². The van der Waals surface area contributed by atoms with Crippen LogP contribution in [0.4, 0.5) is 0 Å². The molecule has 1 amide bonds. The van der Waals surface area contributed by atoms with Crippen molar-refractivity contribution in [3.05, 3.63) is 22.9 Å². The minimum absolute atomic E-state index is 0.0323. The molecule has 7 heteroatoms. The Hall–Kier alpha value is -0.950. The van der Waals surface area contributed by atoms with Gasteiger partial charge in [0, 0.05) is 29.8 Å². The lowest BCUT2D eigenvalue weighted by atomic mass is 9.80. The predicted octanol–water partition coefficient (Wildman–Crippen LogP) is 2.43. The molecule has 1 atom stereocenters. The van der Waals surface area contributed by atoms with Gasteiger partial charge in [-0.05, 0) is 33.3 Å². The fourth-order valence-corrected chi connectivity index (χ4v) is 4.11. The minimum atomic E-state index is -3.81. The molecule has 1 aliphatic heterocycles. The number of amides is 1. The van der Waals surface area contributed by atoms with Crippen LogP contribution >= 0.6 is 15.9 Å². The number of carbonyl (C=O) groups is 1. The Balaban J connectivity index is 2.34. The summed E-state index contributed by atoms with van der Waals surface area (Å²) < 4.78 is 26.6. The second-order valence-corrected chi connectivity index (χ2v) is 8.81. The smallest absolute Gasteiger partial charge is 0.268 e. The molecule has 2 heterocycles. The highest BCUT2D eigenvalue weighted by molar-refractivity contribution is 9.10. The summed E-state index contributed by atoms with van der Waals surface area (Å²) >= 11 is 3.19. The first-order chi connectivity index (χ1) is 9.12. The van der Waals surface area contributed by atoms with Crippen LogP contribution in [0.2, 0.25) is 0 Å². The van der Waals surface area contributed by atoms with Crippen LogP contribution in [0.3, 0.4) is 0 Å². The average Bonchev–Trinajstić information content (AvgIpc) is 2.72. The summed E-state index contributed by atoms with van der Waals surface area (Å²) in [6.07, 6.45) is 3.03. The third-order valence-corrected chi connectivity index (χ3v) is 5.76. The zero-order valence-electron chi connectivity index (χ0n) is 11.6. The van der Waals surface area contributed by atoms with Crippen LogP contribution in [-0.4, -0.2) is 30.2 Å². The Morgan fingerprint density at radius 2 is 2.00 bits per heavy atom. The first kappa shape index (κ1) is 15.4. The van der Waals surface area contributed by atoms with Crippen LogP contribution in [0, 0.1) is 11.3 Å². The quantitative estimate of drug-likeness (QED) is 0.812. The van der Waals surface area contributed by atoms with Crippen LogP contribution in [0.15, 0.2) is 27.8 Å². The molecule has 1 unspecified atom stereocenters. The number of aromatic nitrogens is 1. The lowest BCUT2D eigenvalue weighted by Gasteiger charge is -2.26. The van der Waals surface area contributed by atoms with E-state index in [1.807, 2.05) is 20.8 Å². The molecule has 1 fully saturated rings. The monoisotopic (exact) mass is 360 g/mol. The van der Waals surface area contributed by atoms with Crippen molar-refractivity contribution < 1.29 is 13.2 Å². The molecule has 0 spiro atoms. The Morgan fingerprint density at radius 3 is 2.50 bits per heavy atom. The second kappa shape index (κ2) is 5.11. The van der Waals surface area contributed by atoms with Gasteiger partial charge in [-0.15, -0.1) is 0 Å². The Bertz CT molecular complexity index is 637. The number of carbonyl (C=O) groups excluding carboxylic acids is 1. The van der Waals surface area contributed by atoms with Crippen LogP contribution in [-0.2, 0) is 14.8 Å². The van der Waals surface area contributed by atoms with E-state index in [9.17, 15) is 13.2 Å². The average molecular weight is 361 g/mol. The van der Waals surface area contributed by atoms with Gasteiger partial charge in [-0.3, -0.25) is 9.78 Å². The molecule has 2 rings (SSSR count). The molecule has 0 N–H and O–H groups in total. The molecule has 1 saturated heterocycles. The first-order valence-corrected chi connectivity index (χ1v) is 8.52. The van der Waals surface area contributed by atoms with Gasteiger partial charge in [0.25, 0.3) is 10.0 Å². The van der Waals surface area contributed by atoms with Crippen molar-refractivity contribution in [2.24, 2.45) is 11.3 Å². The molecule has 0 aromatic carbocycles. The molecule has 110 valence electrons. The SMILES string of the molecule is CC(C)(C)C1CC(=O)N(S(=O)(=O)c2cncc(Br)c2)C1. The maximum absolute atomic E-state index is 12.5. The molecule has 0 aliphatic carbocycles. The summed E-state index contributed by atoms with van der Waals surface area (Å²) in [5, 5.41) is 0. The molecule has 0 radical (unpaired) electrons. The molecule has 1 aromatic heterocycles. The highest BCUT2D eigenvalue weighted by Crippen LogP contribution is 2.36. The number of nitrogens with zero attached hydrogens (tertiary/aromatic N) is 2. The molecule has 1 aromatic rings. The van der Waals surface area contributed by atoms with Gasteiger partial charge in [0.15, 0.2) is 0 Å². The zero-order valence-corrected chi connectivity index (χ0v) is 14.0. The van der Waals surface area contributed by atoms with Crippen molar-refractivity contribution in [1.82, 2.24) is 9.29 Å². The van der Waals surface area contributed by atoms with Crippen LogP contribution in [0.25, 0.3) is 0 Å². The van der Waals surface area contributed by atoms with E-state index in [1.165, 1.54) is 18.5 Å². The van der Waals surface area contributed by atoms with E-state index >= 15 is 0 Å². The summed E-state index contributed by atoms with van der Waals surface area (Å²) in [5.74, 6) is -0.310. The van der Waals surface area contributed by atoms with Crippen molar-refractivity contribution in [2.45, 2.75) is 32.1 Å². The van der Waals surface area contributed by atoms with Gasteiger partial charge in [-0.1, -0.05) is 20.8 Å². The molecule has 20 heavy (non-hydrogen) atoms. The van der Waals surface area contributed by atoms with Crippen molar-refractivity contribution in [2.75, 3.05) is 6.54 Å². The van der Waals surface area contributed by atoms with E-state index in [0.717, 1.165) is 4.31 Å². The van der Waals surface area contributed by atoms with Crippen LogP contribution in [0.1, 0.15) is 27.2 Å². The number of hydrogen-bond donors (Lipinski definition) is 0. The van der Waals surface area contributed by atoms with Gasteiger partial charge in [0.2, 0.25) is 5.91 Å². The predicted molar refractivity (Wildman–Crippen MR) is 78.4 cm³/mol. The van der Waals surface area contributed by atoms with E-state index in [2.05, 4.69) is 20.9 Å². The highest BCUT2D eigenvalue weighted by Gasteiger charge is 2.42. The third kappa shape index (κ3) is 2.88. The standard InChI is InChI=1S/C13H17BrN2O3S/c1-13(2,3)9-4-12(17)16(8-9)20(18,19)11-5-10(14)6-15-7-11/h5-7,9H,4,8H2,1-3H3. The van der Waals surface area contributed by atoms with E-state index in [0.29, 0.717) is 4.47 Å². The van der Waals surface area contributed by atoms with E-state index in [1.54, 1.807) is 0 Å². The molecular weight excluding hydrogens is 344 g/mol. The molecular formula is C13H17BrN2O3S. The molecule has 0 saturated carbocycles. The van der Waals surface area contributed by atoms with Crippen molar-refractivity contribution in [1.29, 1.82) is 0 Å². The number of rotatable bonds is 2. The maximum atomic E-state index is 12.5. The highest BCUT2D eigenvalue weighted by atomic mass is 79.9. The fourth-order valence-electron chi connectivity index (χ4n) is 2.15. The molecule has 1 aliphatic rings. The van der Waals surface area contributed by atoms with Gasteiger partial charge >= 0.3 is 0 Å². The minimum Gasteiger partial charge on any atom is -0.274 e. The van der Waals surface area contributed by atoms with Crippen molar-refractivity contribution in [3.8, 4) is 0 Å². The van der Waals surface area contributed by atoms with Crippen LogP contribution < -0.4 is 0 Å². The Morgan fingerprint density at radius 1 is 1.35 bits per heavy atom. The first-order valence-electron chi connectivity index (χ1n) is 6.28. The number of hydrogen-bond acceptors (Lipinski definition) is 4. The van der Waals surface area contributed by atoms with Gasteiger partial charge < -0.3 is 0 Å². The largest absolute Gasteiger partial charge is 0.274 e. The normalized spacial score (nSPS) is 20.5. The lowest BCUT2D eigenvalue weighted by Crippen LogP contribution is -2.33. The summed E-state index contributed by atoms with van der Waals surface area (Å²) in [7, 11) is -3.81. The van der Waals surface area contributed by atoms with Crippen LogP contribution in [0.5, 0.6) is 0 Å². The summed E-state index contributed by atoms with van der Waals surface area (Å²) in [4.78, 5) is 15.9. The third-order valence-electron chi connectivity index (χ3n) is 3.58. The number of halogens is 1. The fraction of sp³-hybridized carbons (Fsp3) is 0.538. The van der Waals surface area contributed by atoms with E-state index in [4.69, 9.17) is 0 Å². The summed E-state index contributed by atoms with van der Waals surface area (Å²) in [5.41, 5.74) is -0.102. The van der Waals surface area contributed by atoms with E-state index in [-0.39, 0.29) is 35.1 Å². The van der Waals surface area contributed by atoms with Crippen molar-refractivity contribution in [3.63, 3.8) is 0 Å². The van der Waals surface area contributed by atoms with Gasteiger partial charge in [-0.25, -0.2) is 12.7 Å². The topological polar surface area (TPSA) is 67.3 Å².